The van der Waals surface area contributed by atoms with Crippen molar-refractivity contribution in [2.45, 2.75) is 45.1 Å². The minimum Gasteiger partial charge on any atom is -0.481 e. The fraction of sp³-hybridized carbons (Fsp3) is 0.556. The predicted molar refractivity (Wildman–Crippen MR) is 93.9 cm³/mol. The van der Waals surface area contributed by atoms with Crippen LogP contribution in [-0.4, -0.2) is 46.0 Å². The smallest absolute Gasteiger partial charge is 0.305 e. The van der Waals surface area contributed by atoms with E-state index in [9.17, 15) is 9.59 Å². The lowest BCUT2D eigenvalue weighted by Crippen LogP contribution is -2.47. The summed E-state index contributed by atoms with van der Waals surface area (Å²) in [5.41, 5.74) is 2.46. The molecule has 1 heterocycles. The van der Waals surface area contributed by atoms with E-state index in [-0.39, 0.29) is 24.3 Å². The molecule has 1 aliphatic heterocycles. The van der Waals surface area contributed by atoms with Crippen molar-refractivity contribution in [3.05, 3.63) is 35.4 Å². The number of carboxylic acid groups (broad SMARTS) is 1. The van der Waals surface area contributed by atoms with Gasteiger partial charge in [0, 0.05) is 24.5 Å². The highest BCUT2D eigenvalue weighted by Crippen LogP contribution is 2.25. The van der Waals surface area contributed by atoms with Crippen LogP contribution in [0.1, 0.15) is 43.7 Å². The molecule has 1 aliphatic rings. The zero-order chi connectivity index (χ0) is 16.8. The van der Waals surface area contributed by atoms with Crippen LogP contribution in [0.4, 0.5) is 0 Å². The number of carbonyl (C=O) groups excluding carboxylic acids is 1. The molecule has 0 unspecified atom stereocenters. The van der Waals surface area contributed by atoms with Crippen LogP contribution in [0.2, 0.25) is 0 Å². The van der Waals surface area contributed by atoms with Gasteiger partial charge in [0.05, 0.1) is 12.5 Å². The van der Waals surface area contributed by atoms with Crippen molar-refractivity contribution >= 4 is 23.6 Å². The Morgan fingerprint density at radius 1 is 1.35 bits per heavy atom. The minimum atomic E-state index is -0.835. The number of aryl methyl sites for hydroxylation is 1. The molecule has 1 saturated heterocycles. The van der Waals surface area contributed by atoms with E-state index in [4.69, 9.17) is 5.11 Å². The first-order valence-corrected chi connectivity index (χ1v) is 9.34. The summed E-state index contributed by atoms with van der Waals surface area (Å²) in [5, 5.41) is 9.03. The van der Waals surface area contributed by atoms with Gasteiger partial charge < -0.3 is 10.0 Å². The highest BCUT2D eigenvalue weighted by Gasteiger charge is 2.29. The SMILES string of the molecule is CCc1ccc([C@H](C)CC(=O)N2CCSC[C@H]2CC(=O)O)cc1. The molecular formula is C18H25NO3S. The molecule has 2 rings (SSSR count). The van der Waals surface area contributed by atoms with Gasteiger partial charge in [-0.05, 0) is 23.5 Å². The van der Waals surface area contributed by atoms with Gasteiger partial charge >= 0.3 is 5.97 Å². The second-order valence-electron chi connectivity index (χ2n) is 6.11. The summed E-state index contributed by atoms with van der Waals surface area (Å²) in [4.78, 5) is 25.4. The molecule has 0 aliphatic carbocycles. The maximum atomic E-state index is 12.6. The second-order valence-corrected chi connectivity index (χ2v) is 7.26. The first kappa shape index (κ1) is 17.9. The number of hydrogen-bond donors (Lipinski definition) is 1. The van der Waals surface area contributed by atoms with Crippen LogP contribution in [0.3, 0.4) is 0 Å². The quantitative estimate of drug-likeness (QED) is 0.867. The molecule has 1 N–H and O–H groups in total. The number of carboxylic acids is 1. The molecule has 1 aromatic carbocycles. The number of benzene rings is 1. The summed E-state index contributed by atoms with van der Waals surface area (Å²) in [5.74, 6) is 0.995. The molecule has 1 amide bonds. The monoisotopic (exact) mass is 335 g/mol. The summed E-state index contributed by atoms with van der Waals surface area (Å²) in [6.45, 7) is 4.84. The maximum Gasteiger partial charge on any atom is 0.305 e. The van der Waals surface area contributed by atoms with E-state index in [0.717, 1.165) is 23.5 Å². The van der Waals surface area contributed by atoms with Gasteiger partial charge in [-0.15, -0.1) is 0 Å². The van der Waals surface area contributed by atoms with Gasteiger partial charge in [-0.1, -0.05) is 38.1 Å². The molecule has 1 fully saturated rings. The maximum absolute atomic E-state index is 12.6. The van der Waals surface area contributed by atoms with Gasteiger partial charge in [0.25, 0.3) is 0 Å². The van der Waals surface area contributed by atoms with Gasteiger partial charge in [-0.25, -0.2) is 0 Å². The van der Waals surface area contributed by atoms with Crippen molar-refractivity contribution in [1.82, 2.24) is 4.90 Å². The van der Waals surface area contributed by atoms with Crippen molar-refractivity contribution in [1.29, 1.82) is 0 Å². The average molecular weight is 335 g/mol. The molecule has 0 aromatic heterocycles. The Morgan fingerprint density at radius 2 is 2.04 bits per heavy atom. The van der Waals surface area contributed by atoms with Gasteiger partial charge in [0.1, 0.15) is 0 Å². The number of aliphatic carboxylic acids is 1. The molecule has 0 spiro atoms. The van der Waals surface area contributed by atoms with E-state index in [0.29, 0.717) is 13.0 Å². The summed E-state index contributed by atoms with van der Waals surface area (Å²) in [6, 6.07) is 8.24. The van der Waals surface area contributed by atoms with Crippen LogP contribution in [0.5, 0.6) is 0 Å². The Bertz CT molecular complexity index is 544. The van der Waals surface area contributed by atoms with Crippen LogP contribution in [0, 0.1) is 0 Å². The Labute approximate surface area is 142 Å². The van der Waals surface area contributed by atoms with Crippen molar-refractivity contribution in [2.24, 2.45) is 0 Å². The molecule has 5 heteroatoms. The zero-order valence-corrected chi connectivity index (χ0v) is 14.6. The molecular weight excluding hydrogens is 310 g/mol. The third-order valence-corrected chi connectivity index (χ3v) is 5.49. The fourth-order valence-corrected chi connectivity index (χ4v) is 4.00. The third kappa shape index (κ3) is 4.99. The average Bonchev–Trinajstić information content (AvgIpc) is 2.54. The van der Waals surface area contributed by atoms with E-state index in [1.165, 1.54) is 5.56 Å². The number of thioether (sulfide) groups is 1. The Kier molecular flexibility index (Phi) is 6.51. The van der Waals surface area contributed by atoms with Crippen LogP contribution in [0.15, 0.2) is 24.3 Å². The molecule has 23 heavy (non-hydrogen) atoms. The van der Waals surface area contributed by atoms with E-state index in [1.807, 2.05) is 0 Å². The second kappa shape index (κ2) is 8.39. The lowest BCUT2D eigenvalue weighted by atomic mass is 9.95. The van der Waals surface area contributed by atoms with Crippen LogP contribution < -0.4 is 0 Å². The van der Waals surface area contributed by atoms with Gasteiger partial charge in [0.2, 0.25) is 5.91 Å². The highest BCUT2D eigenvalue weighted by molar-refractivity contribution is 7.99. The molecule has 1 aromatic rings. The standard InChI is InChI=1S/C18H25NO3S/c1-3-14-4-6-15(7-5-14)13(2)10-17(20)19-8-9-23-12-16(19)11-18(21)22/h4-7,13,16H,3,8-12H2,1-2H3,(H,21,22)/t13-,16-/m1/s1. The number of rotatable bonds is 6. The number of nitrogens with zero attached hydrogens (tertiary/aromatic N) is 1. The fourth-order valence-electron chi connectivity index (χ4n) is 2.93. The Morgan fingerprint density at radius 3 is 2.65 bits per heavy atom. The summed E-state index contributed by atoms with van der Waals surface area (Å²) in [6.07, 6.45) is 1.49. The Hall–Kier alpha value is -1.49. The van der Waals surface area contributed by atoms with E-state index in [2.05, 4.69) is 38.1 Å². The molecule has 0 saturated carbocycles. The van der Waals surface area contributed by atoms with Gasteiger partial charge in [-0.2, -0.15) is 11.8 Å². The minimum absolute atomic E-state index is 0.0400. The number of hydrogen-bond acceptors (Lipinski definition) is 3. The van der Waals surface area contributed by atoms with Crippen LogP contribution in [-0.2, 0) is 16.0 Å². The highest BCUT2D eigenvalue weighted by atomic mass is 32.2. The van der Waals surface area contributed by atoms with E-state index < -0.39 is 5.97 Å². The number of carbonyl (C=O) groups is 2. The lowest BCUT2D eigenvalue weighted by molar-refractivity contribution is -0.140. The van der Waals surface area contributed by atoms with Gasteiger partial charge in [-0.3, -0.25) is 9.59 Å². The van der Waals surface area contributed by atoms with Crippen molar-refractivity contribution in [2.75, 3.05) is 18.1 Å². The summed E-state index contributed by atoms with van der Waals surface area (Å²) >= 11 is 1.73. The normalized spacial score (nSPS) is 19.4. The van der Waals surface area contributed by atoms with Crippen LogP contribution in [0.25, 0.3) is 0 Å². The van der Waals surface area contributed by atoms with E-state index >= 15 is 0 Å². The third-order valence-electron chi connectivity index (χ3n) is 4.40. The first-order chi connectivity index (χ1) is 11.0. The topological polar surface area (TPSA) is 57.6 Å². The largest absolute Gasteiger partial charge is 0.481 e. The van der Waals surface area contributed by atoms with Crippen molar-refractivity contribution < 1.29 is 14.7 Å². The molecule has 0 bridgehead atoms. The first-order valence-electron chi connectivity index (χ1n) is 8.19. The van der Waals surface area contributed by atoms with Gasteiger partial charge in [0.15, 0.2) is 0 Å². The predicted octanol–water partition coefficient (Wildman–Crippen LogP) is 3.16. The zero-order valence-electron chi connectivity index (χ0n) is 13.8. The number of amides is 1. The molecule has 126 valence electrons. The van der Waals surface area contributed by atoms with Crippen molar-refractivity contribution in [3.8, 4) is 0 Å². The summed E-state index contributed by atoms with van der Waals surface area (Å²) < 4.78 is 0. The summed E-state index contributed by atoms with van der Waals surface area (Å²) in [7, 11) is 0. The molecule has 2 atom stereocenters. The lowest BCUT2D eigenvalue weighted by Gasteiger charge is -2.35. The van der Waals surface area contributed by atoms with Crippen molar-refractivity contribution in [3.63, 3.8) is 0 Å². The Balaban J connectivity index is 1.99. The molecule has 0 radical (unpaired) electrons. The van der Waals surface area contributed by atoms with Crippen LogP contribution >= 0.6 is 11.8 Å². The van der Waals surface area contributed by atoms with E-state index in [1.54, 1.807) is 16.7 Å². The molecule has 4 nitrogen and oxygen atoms in total.